The van der Waals surface area contributed by atoms with Gasteiger partial charge in [0.05, 0.1) is 19.0 Å². The normalized spacial score (nSPS) is 26.2. The lowest BCUT2D eigenvalue weighted by Gasteiger charge is -2.25. The first-order valence-electron chi connectivity index (χ1n) is 10.5. The van der Waals surface area contributed by atoms with Gasteiger partial charge < -0.3 is 54.9 Å². The summed E-state index contributed by atoms with van der Waals surface area (Å²) in [7, 11) is -10.7. The van der Waals surface area contributed by atoms with Gasteiger partial charge in [-0.3, -0.25) is 23.9 Å². The number of aromatic nitrogens is 4. The van der Waals surface area contributed by atoms with E-state index >= 15 is 0 Å². The monoisotopic (exact) mass is 608 g/mol. The molecule has 2 aromatic rings. The van der Waals surface area contributed by atoms with Crippen LogP contribution in [0.4, 0.5) is 0 Å². The van der Waals surface area contributed by atoms with Gasteiger partial charge in [0, 0.05) is 0 Å². The van der Waals surface area contributed by atoms with E-state index in [9.17, 15) is 43.9 Å². The van der Waals surface area contributed by atoms with E-state index in [1.807, 2.05) is 4.98 Å². The Hall–Kier alpha value is -2.20. The average Bonchev–Trinajstić information content (AvgIpc) is 3.36. The molecule has 9 atom stereocenters. The maximum Gasteiger partial charge on any atom is 0.481 e. The van der Waals surface area contributed by atoms with Gasteiger partial charge in [0.15, 0.2) is 24.1 Å². The standard InChI is InChI=1S/C10H12N4O6.C6H14O11P2/c15-1-3-5(16)6(17)9(20-3)14-2-11-4-7(14)12-10(19)13-8(4)18;1-3(8)5(9)6(10)4(2-7)16-19(14,15)17-18(11,12)13/h2-3,5-6,9,15-17H,1H2,(H2,12,13,18,19);2-6,8-10H,1H3,(H,14,15)(H2,11,12,13)/t3-,5-,6-,9-;3-,4+,5+,6-/m10/s1. The molecule has 0 amide bonds. The molecule has 1 aliphatic heterocycles. The summed E-state index contributed by atoms with van der Waals surface area (Å²) in [6.07, 6.45) is -11.3. The number of nitrogens with one attached hydrogen (secondary N) is 2. The number of aldehydes is 1. The summed E-state index contributed by atoms with van der Waals surface area (Å²) in [5.41, 5.74) is -1.36. The van der Waals surface area contributed by atoms with Crippen molar-refractivity contribution >= 4 is 33.1 Å². The van der Waals surface area contributed by atoms with Crippen molar-refractivity contribution in [1.82, 2.24) is 19.5 Å². The Morgan fingerprint density at radius 3 is 2.23 bits per heavy atom. The molecule has 21 nitrogen and oxygen atoms in total. The number of phosphoric acid groups is 2. The zero-order valence-electron chi connectivity index (χ0n) is 19.6. The second-order valence-electron chi connectivity index (χ2n) is 7.95. The molecule has 1 saturated heterocycles. The molecule has 0 aliphatic carbocycles. The molecule has 11 N–H and O–H groups in total. The molecule has 3 rings (SSSR count). The van der Waals surface area contributed by atoms with Crippen LogP contribution in [0.3, 0.4) is 0 Å². The van der Waals surface area contributed by atoms with Crippen LogP contribution in [0.25, 0.3) is 11.2 Å². The van der Waals surface area contributed by atoms with E-state index in [0.717, 1.165) is 6.92 Å². The molecule has 0 bridgehead atoms. The number of H-pyrrole nitrogens is 2. The SMILES string of the molecule is C[C@H](O)[C@@H](O)[C@@H](O)[C@@H](C=O)OP(=O)(O)OP(=O)(O)O.O=c1[nH]c(=O)c2ncn([C@@H]3O[C@H](CO)[C@@H](O)[C@H]3O)c2[nH]1. The van der Waals surface area contributed by atoms with Crippen LogP contribution in [0.1, 0.15) is 13.2 Å². The van der Waals surface area contributed by atoms with Gasteiger partial charge in [0.2, 0.25) is 0 Å². The molecule has 0 spiro atoms. The predicted octanol–water partition coefficient (Wildman–Crippen LogP) is -5.09. The minimum absolute atomic E-state index is 0.0256. The number of aliphatic hydroxyl groups excluding tert-OH is 6. The number of phosphoric ester groups is 1. The van der Waals surface area contributed by atoms with Crippen LogP contribution in [0.5, 0.6) is 0 Å². The molecule has 1 aliphatic rings. The molecule has 3 heterocycles. The van der Waals surface area contributed by atoms with Crippen LogP contribution in [0.15, 0.2) is 15.9 Å². The Labute approximate surface area is 215 Å². The van der Waals surface area contributed by atoms with Crippen molar-refractivity contribution in [2.45, 2.75) is 55.9 Å². The number of carbonyl (C=O) groups is 1. The maximum absolute atomic E-state index is 11.6. The zero-order chi connectivity index (χ0) is 29.9. The lowest BCUT2D eigenvalue weighted by molar-refractivity contribution is -0.131. The molecule has 0 radical (unpaired) electrons. The number of rotatable bonds is 10. The first-order chi connectivity index (χ1) is 17.9. The van der Waals surface area contributed by atoms with Crippen LogP contribution in [-0.4, -0.2) is 120 Å². The third-order valence-electron chi connectivity index (χ3n) is 5.04. The lowest BCUT2D eigenvalue weighted by atomic mass is 10.1. The van der Waals surface area contributed by atoms with Crippen molar-refractivity contribution < 1.29 is 72.8 Å². The predicted molar refractivity (Wildman–Crippen MR) is 122 cm³/mol. The molecule has 222 valence electrons. The number of fused-ring (bicyclic) bond motifs is 1. The Kier molecular flexibility index (Phi) is 11.0. The van der Waals surface area contributed by atoms with Gasteiger partial charge >= 0.3 is 21.3 Å². The summed E-state index contributed by atoms with van der Waals surface area (Å²) >= 11 is 0. The Bertz CT molecular complexity index is 1340. The highest BCUT2D eigenvalue weighted by molar-refractivity contribution is 7.60. The smallest absolute Gasteiger partial charge is 0.394 e. The molecule has 39 heavy (non-hydrogen) atoms. The maximum atomic E-state index is 11.6. The average molecular weight is 608 g/mol. The van der Waals surface area contributed by atoms with Gasteiger partial charge in [-0.15, -0.1) is 0 Å². The fourth-order valence-electron chi connectivity index (χ4n) is 3.21. The lowest BCUT2D eigenvalue weighted by Crippen LogP contribution is -2.44. The Balaban J connectivity index is 0.000000274. The summed E-state index contributed by atoms with van der Waals surface area (Å²) in [6.45, 7) is 0.582. The zero-order valence-corrected chi connectivity index (χ0v) is 21.3. The van der Waals surface area contributed by atoms with Crippen LogP contribution in [0, 0.1) is 0 Å². The summed E-state index contributed by atoms with van der Waals surface area (Å²) < 4.78 is 35.4. The number of nitrogens with zero attached hydrogens (tertiary/aromatic N) is 2. The van der Waals surface area contributed by atoms with E-state index in [2.05, 4.69) is 18.8 Å². The summed E-state index contributed by atoms with van der Waals surface area (Å²) in [5.74, 6) is 0. The Morgan fingerprint density at radius 1 is 1.13 bits per heavy atom. The van der Waals surface area contributed by atoms with E-state index in [4.69, 9.17) is 29.6 Å². The molecule has 1 unspecified atom stereocenters. The van der Waals surface area contributed by atoms with Gasteiger partial charge in [-0.05, 0) is 6.92 Å². The van der Waals surface area contributed by atoms with Crippen molar-refractivity contribution in [2.75, 3.05) is 6.61 Å². The molecular formula is C16H26N4O17P2. The highest BCUT2D eigenvalue weighted by Crippen LogP contribution is 2.58. The van der Waals surface area contributed by atoms with E-state index in [1.165, 1.54) is 10.9 Å². The summed E-state index contributed by atoms with van der Waals surface area (Å²) in [5, 5.41) is 56.2. The summed E-state index contributed by atoms with van der Waals surface area (Å²) in [4.78, 5) is 67.2. The van der Waals surface area contributed by atoms with Crippen molar-refractivity contribution in [2.24, 2.45) is 0 Å². The number of hydrogen-bond acceptors (Lipinski definition) is 15. The van der Waals surface area contributed by atoms with Gasteiger partial charge in [0.25, 0.3) is 5.56 Å². The summed E-state index contributed by atoms with van der Waals surface area (Å²) in [6, 6.07) is 0. The van der Waals surface area contributed by atoms with Crippen molar-refractivity contribution in [3.8, 4) is 0 Å². The number of aromatic amines is 2. The number of hydrogen-bond donors (Lipinski definition) is 11. The minimum atomic E-state index is -5.37. The van der Waals surface area contributed by atoms with Gasteiger partial charge in [-0.1, -0.05) is 0 Å². The van der Waals surface area contributed by atoms with Crippen molar-refractivity contribution in [1.29, 1.82) is 0 Å². The molecule has 1 fully saturated rings. The molecule has 2 aromatic heterocycles. The number of ether oxygens (including phenoxy) is 1. The minimum Gasteiger partial charge on any atom is -0.394 e. The second kappa shape index (κ2) is 13.0. The molecule has 0 aromatic carbocycles. The highest BCUT2D eigenvalue weighted by atomic mass is 31.3. The van der Waals surface area contributed by atoms with E-state index in [0.29, 0.717) is 0 Å². The van der Waals surface area contributed by atoms with Gasteiger partial charge in [0.1, 0.15) is 36.2 Å². The van der Waals surface area contributed by atoms with Crippen molar-refractivity contribution in [3.05, 3.63) is 27.2 Å². The third kappa shape index (κ3) is 8.39. The fraction of sp³-hybridized carbons (Fsp3) is 0.625. The first kappa shape index (κ1) is 33.0. The topological polar surface area (TPSA) is 345 Å². The number of carbonyl (C=O) groups excluding carboxylic acids is 1. The largest absolute Gasteiger partial charge is 0.481 e. The molecule has 23 heteroatoms. The van der Waals surface area contributed by atoms with E-state index in [1.54, 1.807) is 0 Å². The highest BCUT2D eigenvalue weighted by Gasteiger charge is 2.44. The van der Waals surface area contributed by atoms with E-state index in [-0.39, 0.29) is 17.5 Å². The molecule has 0 saturated carbocycles. The quantitative estimate of drug-likeness (QED) is 0.0887. The molecular weight excluding hydrogens is 582 g/mol. The van der Waals surface area contributed by atoms with Crippen LogP contribution >= 0.6 is 15.6 Å². The second-order valence-corrected chi connectivity index (χ2v) is 10.7. The van der Waals surface area contributed by atoms with Gasteiger partial charge in [-0.2, -0.15) is 4.31 Å². The van der Waals surface area contributed by atoms with E-state index < -0.39 is 82.5 Å². The third-order valence-corrected chi connectivity index (χ3v) is 7.22. The fourth-order valence-corrected chi connectivity index (χ4v) is 4.92. The van der Waals surface area contributed by atoms with Crippen molar-refractivity contribution in [3.63, 3.8) is 0 Å². The van der Waals surface area contributed by atoms with Crippen LogP contribution in [-0.2, 0) is 27.5 Å². The number of aliphatic hydroxyl groups is 6. The van der Waals surface area contributed by atoms with Crippen LogP contribution < -0.4 is 11.2 Å². The van der Waals surface area contributed by atoms with Crippen LogP contribution in [0.2, 0.25) is 0 Å². The Morgan fingerprint density at radius 2 is 1.74 bits per heavy atom. The first-order valence-corrected chi connectivity index (χ1v) is 13.5. The van der Waals surface area contributed by atoms with Gasteiger partial charge in [-0.25, -0.2) is 18.9 Å². The number of imidazole rings is 1.